The highest BCUT2D eigenvalue weighted by molar-refractivity contribution is 5.89. The van der Waals surface area contributed by atoms with E-state index in [1.165, 1.54) is 7.11 Å². The molecule has 6 heteroatoms. The third-order valence-corrected chi connectivity index (χ3v) is 4.34. The van der Waals surface area contributed by atoms with Gasteiger partial charge >= 0.3 is 12.1 Å². The Morgan fingerprint density at radius 3 is 2.50 bits per heavy atom. The van der Waals surface area contributed by atoms with Crippen molar-refractivity contribution in [1.29, 1.82) is 0 Å². The molecule has 1 saturated heterocycles. The molecule has 2 rings (SSSR count). The molecule has 6 nitrogen and oxygen atoms in total. The van der Waals surface area contributed by atoms with E-state index in [2.05, 4.69) is 5.32 Å². The maximum atomic E-state index is 12.4. The number of hydrogen-bond donors (Lipinski definition) is 1. The number of likely N-dealkylation sites (tertiary alicyclic amines) is 1. The van der Waals surface area contributed by atoms with Crippen LogP contribution in [0.5, 0.6) is 0 Å². The molecule has 0 bridgehead atoms. The lowest BCUT2D eigenvalue weighted by molar-refractivity contribution is 0.00992. The van der Waals surface area contributed by atoms with Crippen molar-refractivity contribution in [3.8, 4) is 0 Å². The van der Waals surface area contributed by atoms with E-state index in [-0.39, 0.29) is 18.1 Å². The van der Waals surface area contributed by atoms with Crippen LogP contribution in [-0.2, 0) is 16.0 Å². The lowest BCUT2D eigenvalue weighted by Crippen LogP contribution is -2.50. The van der Waals surface area contributed by atoms with Gasteiger partial charge in [-0.15, -0.1) is 0 Å². The highest BCUT2D eigenvalue weighted by Crippen LogP contribution is 2.20. The predicted molar refractivity (Wildman–Crippen MR) is 100 cm³/mol. The van der Waals surface area contributed by atoms with Crippen LogP contribution in [0.3, 0.4) is 0 Å². The van der Waals surface area contributed by atoms with Gasteiger partial charge in [0.2, 0.25) is 0 Å². The van der Waals surface area contributed by atoms with Gasteiger partial charge in [0.15, 0.2) is 0 Å². The first-order valence-electron chi connectivity index (χ1n) is 9.18. The van der Waals surface area contributed by atoms with Gasteiger partial charge in [-0.1, -0.05) is 12.1 Å². The molecule has 1 aromatic rings. The highest BCUT2D eigenvalue weighted by atomic mass is 16.6. The summed E-state index contributed by atoms with van der Waals surface area (Å²) in [7, 11) is 1.37. The Balaban J connectivity index is 1.86. The van der Waals surface area contributed by atoms with Gasteiger partial charge in [0, 0.05) is 25.7 Å². The van der Waals surface area contributed by atoms with Gasteiger partial charge in [-0.05, 0) is 57.7 Å². The third kappa shape index (κ3) is 6.02. The van der Waals surface area contributed by atoms with E-state index in [1.807, 2.05) is 37.8 Å². The average Bonchev–Trinajstić information content (AvgIpc) is 2.60. The van der Waals surface area contributed by atoms with Gasteiger partial charge in [0.05, 0.1) is 12.7 Å². The quantitative estimate of drug-likeness (QED) is 0.814. The maximum Gasteiger partial charge on any atom is 0.410 e. The number of piperidine rings is 1. The zero-order valence-corrected chi connectivity index (χ0v) is 16.2. The normalized spacial score (nSPS) is 17.7. The Bertz CT molecular complexity index is 607. The van der Waals surface area contributed by atoms with Crippen LogP contribution < -0.4 is 5.32 Å². The molecule has 0 aromatic heterocycles. The SMILES string of the molecule is COC(=O)c1ccc(CNCC2CCCCN2C(=O)OC(C)(C)C)cc1. The Hall–Kier alpha value is -2.08. The summed E-state index contributed by atoms with van der Waals surface area (Å²) in [5.74, 6) is -0.334. The Morgan fingerprint density at radius 1 is 1.19 bits per heavy atom. The molecule has 144 valence electrons. The average molecular weight is 362 g/mol. The molecule has 26 heavy (non-hydrogen) atoms. The summed E-state index contributed by atoms with van der Waals surface area (Å²) in [6.45, 7) is 7.81. The molecular formula is C20H30N2O4. The van der Waals surface area contributed by atoms with Crippen molar-refractivity contribution >= 4 is 12.1 Å². The number of benzene rings is 1. The first-order chi connectivity index (χ1) is 12.3. The van der Waals surface area contributed by atoms with Crippen molar-refractivity contribution in [2.75, 3.05) is 20.2 Å². The summed E-state index contributed by atoms with van der Waals surface area (Å²) in [4.78, 5) is 25.7. The van der Waals surface area contributed by atoms with Gasteiger partial charge in [0.25, 0.3) is 0 Å². The molecular weight excluding hydrogens is 332 g/mol. The van der Waals surface area contributed by atoms with Gasteiger partial charge in [-0.2, -0.15) is 0 Å². The lowest BCUT2D eigenvalue weighted by Gasteiger charge is -2.37. The van der Waals surface area contributed by atoms with Crippen LogP contribution in [0.2, 0.25) is 0 Å². The first-order valence-corrected chi connectivity index (χ1v) is 9.18. The van der Waals surface area contributed by atoms with E-state index >= 15 is 0 Å². The van der Waals surface area contributed by atoms with Crippen LogP contribution in [0.4, 0.5) is 4.79 Å². The fourth-order valence-electron chi connectivity index (χ4n) is 3.03. The number of nitrogens with zero attached hydrogens (tertiary/aromatic N) is 1. The van der Waals surface area contributed by atoms with Crippen molar-refractivity contribution in [3.63, 3.8) is 0 Å². The minimum Gasteiger partial charge on any atom is -0.465 e. The van der Waals surface area contributed by atoms with Crippen molar-refractivity contribution in [2.24, 2.45) is 0 Å². The van der Waals surface area contributed by atoms with Gasteiger partial charge in [-0.25, -0.2) is 9.59 Å². The van der Waals surface area contributed by atoms with Crippen molar-refractivity contribution in [3.05, 3.63) is 35.4 Å². The third-order valence-electron chi connectivity index (χ3n) is 4.34. The summed E-state index contributed by atoms with van der Waals surface area (Å²) in [6, 6.07) is 7.48. The Morgan fingerprint density at radius 2 is 1.88 bits per heavy atom. The molecule has 1 aliphatic rings. The predicted octanol–water partition coefficient (Wildman–Crippen LogP) is 3.35. The van der Waals surface area contributed by atoms with E-state index in [0.717, 1.165) is 37.9 Å². The Labute approximate surface area is 155 Å². The number of nitrogens with one attached hydrogen (secondary N) is 1. The van der Waals surface area contributed by atoms with Gasteiger partial charge in [0.1, 0.15) is 5.60 Å². The van der Waals surface area contributed by atoms with E-state index in [9.17, 15) is 9.59 Å². The number of methoxy groups -OCH3 is 1. The molecule has 1 unspecified atom stereocenters. The lowest BCUT2D eigenvalue weighted by atomic mass is 10.0. The largest absolute Gasteiger partial charge is 0.465 e. The molecule has 1 fully saturated rings. The molecule has 1 aromatic carbocycles. The standard InChI is InChI=1S/C20H30N2O4/c1-20(2,3)26-19(24)22-12-6-5-7-17(22)14-21-13-15-8-10-16(11-9-15)18(23)25-4/h8-11,17,21H,5-7,12-14H2,1-4H3. The fourth-order valence-corrected chi connectivity index (χ4v) is 3.03. The molecule has 0 radical (unpaired) electrons. The van der Waals surface area contributed by atoms with Crippen LogP contribution in [0, 0.1) is 0 Å². The number of rotatable bonds is 5. The van der Waals surface area contributed by atoms with E-state index in [4.69, 9.17) is 9.47 Å². The summed E-state index contributed by atoms with van der Waals surface area (Å²) in [5, 5.41) is 3.42. The monoisotopic (exact) mass is 362 g/mol. The molecule has 1 amide bonds. The van der Waals surface area contributed by atoms with Gasteiger partial charge < -0.3 is 19.7 Å². The molecule has 1 aliphatic heterocycles. The van der Waals surface area contributed by atoms with Crippen LogP contribution >= 0.6 is 0 Å². The summed E-state index contributed by atoms with van der Waals surface area (Å²) >= 11 is 0. The van der Waals surface area contributed by atoms with E-state index in [1.54, 1.807) is 12.1 Å². The fraction of sp³-hybridized carbons (Fsp3) is 0.600. The molecule has 1 N–H and O–H groups in total. The second kappa shape index (κ2) is 9.03. The minimum absolute atomic E-state index is 0.146. The van der Waals surface area contributed by atoms with Crippen molar-refractivity contribution in [1.82, 2.24) is 10.2 Å². The maximum absolute atomic E-state index is 12.4. The topological polar surface area (TPSA) is 67.9 Å². The number of hydrogen-bond acceptors (Lipinski definition) is 5. The number of carbonyl (C=O) groups excluding carboxylic acids is 2. The molecule has 1 heterocycles. The summed E-state index contributed by atoms with van der Waals surface area (Å²) < 4.78 is 10.2. The highest BCUT2D eigenvalue weighted by Gasteiger charge is 2.30. The van der Waals surface area contributed by atoms with Gasteiger partial charge in [-0.3, -0.25) is 0 Å². The number of amides is 1. The molecule has 1 atom stereocenters. The molecule has 0 aliphatic carbocycles. The van der Waals surface area contributed by atoms with E-state index < -0.39 is 5.60 Å². The smallest absolute Gasteiger partial charge is 0.410 e. The van der Waals surface area contributed by atoms with Crippen LogP contribution in [-0.4, -0.2) is 48.8 Å². The number of esters is 1. The number of ether oxygens (including phenoxy) is 2. The molecule has 0 saturated carbocycles. The van der Waals surface area contributed by atoms with Crippen LogP contribution in [0.1, 0.15) is 56.0 Å². The van der Waals surface area contributed by atoms with Crippen molar-refractivity contribution in [2.45, 2.75) is 58.2 Å². The second-order valence-electron chi connectivity index (χ2n) is 7.64. The van der Waals surface area contributed by atoms with Crippen LogP contribution in [0.15, 0.2) is 24.3 Å². The second-order valence-corrected chi connectivity index (χ2v) is 7.64. The summed E-state index contributed by atoms with van der Waals surface area (Å²) in [6.07, 6.45) is 2.89. The zero-order valence-electron chi connectivity index (χ0n) is 16.2. The minimum atomic E-state index is -0.478. The summed E-state index contributed by atoms with van der Waals surface area (Å²) in [5.41, 5.74) is 1.14. The molecule has 0 spiro atoms. The first kappa shape index (κ1) is 20.2. The number of carbonyl (C=O) groups is 2. The zero-order chi connectivity index (χ0) is 19.2. The van der Waals surface area contributed by atoms with Crippen LogP contribution in [0.25, 0.3) is 0 Å². The van der Waals surface area contributed by atoms with Crippen molar-refractivity contribution < 1.29 is 19.1 Å². The van der Waals surface area contributed by atoms with E-state index in [0.29, 0.717) is 12.1 Å². The Kier molecular flexibility index (Phi) is 7.03.